The number of H-pyrrole nitrogens is 1. The Kier molecular flexibility index (Phi) is 3.01. The van der Waals surface area contributed by atoms with E-state index in [0.717, 1.165) is 25.9 Å². The van der Waals surface area contributed by atoms with E-state index in [1.165, 1.54) is 6.33 Å². The van der Waals surface area contributed by atoms with Crippen LogP contribution in [0.5, 0.6) is 0 Å². The molecule has 1 aromatic heterocycles. The summed E-state index contributed by atoms with van der Waals surface area (Å²) >= 11 is 0. The molecular formula is C10H16N4O. The average molecular weight is 208 g/mol. The van der Waals surface area contributed by atoms with Crippen molar-refractivity contribution >= 4 is 5.91 Å². The van der Waals surface area contributed by atoms with Crippen LogP contribution in [0.15, 0.2) is 12.5 Å². The number of nitrogens with zero attached hydrogens (tertiary/aromatic N) is 2. The van der Waals surface area contributed by atoms with Gasteiger partial charge in [0, 0.05) is 6.04 Å². The van der Waals surface area contributed by atoms with Gasteiger partial charge in [0.2, 0.25) is 0 Å². The zero-order chi connectivity index (χ0) is 10.7. The molecule has 1 aliphatic heterocycles. The summed E-state index contributed by atoms with van der Waals surface area (Å²) in [6.45, 7) is 2.10. The van der Waals surface area contributed by atoms with Crippen molar-refractivity contribution in [1.29, 1.82) is 0 Å². The van der Waals surface area contributed by atoms with Gasteiger partial charge in [-0.05, 0) is 33.0 Å². The van der Waals surface area contributed by atoms with Gasteiger partial charge in [0.1, 0.15) is 5.69 Å². The molecule has 82 valence electrons. The second-order valence-electron chi connectivity index (χ2n) is 4.02. The number of likely N-dealkylation sites (tertiary alicyclic amines) is 1. The lowest BCUT2D eigenvalue weighted by Gasteiger charge is -2.29. The first kappa shape index (κ1) is 10.2. The average Bonchev–Trinajstić information content (AvgIpc) is 2.74. The van der Waals surface area contributed by atoms with Crippen LogP contribution >= 0.6 is 0 Å². The molecule has 2 rings (SSSR count). The molecule has 1 aromatic rings. The van der Waals surface area contributed by atoms with Gasteiger partial charge in [-0.3, -0.25) is 4.79 Å². The normalized spacial score (nSPS) is 19.0. The fourth-order valence-corrected chi connectivity index (χ4v) is 1.80. The molecule has 2 N–H and O–H groups in total. The summed E-state index contributed by atoms with van der Waals surface area (Å²) in [5, 5.41) is 3.00. The number of rotatable bonds is 2. The second kappa shape index (κ2) is 4.44. The lowest BCUT2D eigenvalue weighted by molar-refractivity contribution is 0.0912. The van der Waals surface area contributed by atoms with Gasteiger partial charge in [0.25, 0.3) is 5.91 Å². The summed E-state index contributed by atoms with van der Waals surface area (Å²) in [7, 11) is 2.10. The molecule has 1 amide bonds. The first-order valence-electron chi connectivity index (χ1n) is 5.23. The first-order valence-corrected chi connectivity index (χ1v) is 5.23. The Balaban J connectivity index is 1.85. The molecule has 0 spiro atoms. The molecule has 5 nitrogen and oxygen atoms in total. The highest BCUT2D eigenvalue weighted by Gasteiger charge is 2.19. The lowest BCUT2D eigenvalue weighted by atomic mass is 10.1. The second-order valence-corrected chi connectivity index (χ2v) is 4.02. The third kappa shape index (κ3) is 2.56. The monoisotopic (exact) mass is 208 g/mol. The number of amides is 1. The minimum Gasteiger partial charge on any atom is -0.348 e. The van der Waals surface area contributed by atoms with Gasteiger partial charge >= 0.3 is 0 Å². The minimum atomic E-state index is -0.0537. The highest BCUT2D eigenvalue weighted by molar-refractivity contribution is 5.92. The number of aromatic amines is 1. The summed E-state index contributed by atoms with van der Waals surface area (Å²) in [4.78, 5) is 20.6. The van der Waals surface area contributed by atoms with Gasteiger partial charge < -0.3 is 15.2 Å². The van der Waals surface area contributed by atoms with E-state index in [1.54, 1.807) is 6.20 Å². The number of piperidine rings is 1. The van der Waals surface area contributed by atoms with Crippen molar-refractivity contribution < 1.29 is 4.79 Å². The number of carbonyl (C=O) groups excluding carboxylic acids is 1. The van der Waals surface area contributed by atoms with E-state index in [2.05, 4.69) is 27.2 Å². The topological polar surface area (TPSA) is 61.0 Å². The third-order valence-corrected chi connectivity index (χ3v) is 2.80. The molecule has 0 atom stereocenters. The van der Waals surface area contributed by atoms with Gasteiger partial charge in [-0.15, -0.1) is 0 Å². The van der Waals surface area contributed by atoms with Crippen LogP contribution in [0.3, 0.4) is 0 Å². The van der Waals surface area contributed by atoms with Gasteiger partial charge in [-0.25, -0.2) is 4.98 Å². The fourth-order valence-electron chi connectivity index (χ4n) is 1.80. The first-order chi connectivity index (χ1) is 7.25. The van der Waals surface area contributed by atoms with Crippen molar-refractivity contribution in [3.05, 3.63) is 18.2 Å². The van der Waals surface area contributed by atoms with Crippen molar-refractivity contribution in [2.75, 3.05) is 20.1 Å². The molecule has 2 heterocycles. The van der Waals surface area contributed by atoms with Crippen molar-refractivity contribution in [3.63, 3.8) is 0 Å². The highest BCUT2D eigenvalue weighted by atomic mass is 16.1. The summed E-state index contributed by atoms with van der Waals surface area (Å²) in [5.41, 5.74) is 0.536. The molecule has 5 heteroatoms. The van der Waals surface area contributed by atoms with Crippen LogP contribution in [-0.2, 0) is 0 Å². The summed E-state index contributed by atoms with van der Waals surface area (Å²) < 4.78 is 0. The van der Waals surface area contributed by atoms with Crippen molar-refractivity contribution in [2.24, 2.45) is 0 Å². The predicted octanol–water partition coefficient (Wildman–Crippen LogP) is 0.234. The van der Waals surface area contributed by atoms with Gasteiger partial charge in [0.15, 0.2) is 0 Å². The summed E-state index contributed by atoms with van der Waals surface area (Å²) in [5.74, 6) is -0.0537. The molecule has 1 saturated heterocycles. The molecule has 0 aromatic carbocycles. The van der Waals surface area contributed by atoms with E-state index >= 15 is 0 Å². The summed E-state index contributed by atoms with van der Waals surface area (Å²) in [6, 6.07) is 0.303. The van der Waals surface area contributed by atoms with Crippen LogP contribution in [0, 0.1) is 0 Å². The zero-order valence-corrected chi connectivity index (χ0v) is 8.86. The molecule has 0 bridgehead atoms. The Morgan fingerprint density at radius 2 is 2.33 bits per heavy atom. The zero-order valence-electron chi connectivity index (χ0n) is 8.86. The van der Waals surface area contributed by atoms with E-state index in [0.29, 0.717) is 11.7 Å². The van der Waals surface area contributed by atoms with Gasteiger partial charge in [-0.2, -0.15) is 0 Å². The number of nitrogens with one attached hydrogen (secondary N) is 2. The van der Waals surface area contributed by atoms with E-state index in [9.17, 15) is 4.79 Å². The van der Waals surface area contributed by atoms with Crippen LogP contribution < -0.4 is 5.32 Å². The van der Waals surface area contributed by atoms with Crippen LogP contribution in [-0.4, -0.2) is 47.0 Å². The van der Waals surface area contributed by atoms with E-state index in [4.69, 9.17) is 0 Å². The molecule has 0 radical (unpaired) electrons. The maximum atomic E-state index is 11.7. The van der Waals surface area contributed by atoms with E-state index in [-0.39, 0.29) is 5.91 Å². The largest absolute Gasteiger partial charge is 0.348 e. The molecule has 1 aliphatic rings. The maximum Gasteiger partial charge on any atom is 0.269 e. The number of hydrogen-bond donors (Lipinski definition) is 2. The highest BCUT2D eigenvalue weighted by Crippen LogP contribution is 2.08. The predicted molar refractivity (Wildman–Crippen MR) is 56.6 cm³/mol. The summed E-state index contributed by atoms with van der Waals surface area (Å²) in [6.07, 6.45) is 5.11. The van der Waals surface area contributed by atoms with E-state index < -0.39 is 0 Å². The Hall–Kier alpha value is -1.36. The molecule has 0 aliphatic carbocycles. The fraction of sp³-hybridized carbons (Fsp3) is 0.600. The number of imidazole rings is 1. The number of aromatic nitrogens is 2. The molecule has 0 saturated carbocycles. The standard InChI is InChI=1S/C10H16N4O/c1-14-4-2-8(3-5-14)13-10(15)9-6-11-7-12-9/h6-8H,2-5H2,1H3,(H,11,12)(H,13,15). The van der Waals surface area contributed by atoms with Gasteiger partial charge in [0.05, 0.1) is 12.5 Å². The third-order valence-electron chi connectivity index (χ3n) is 2.80. The van der Waals surface area contributed by atoms with E-state index in [1.807, 2.05) is 0 Å². The van der Waals surface area contributed by atoms with Crippen molar-refractivity contribution in [2.45, 2.75) is 18.9 Å². The Bertz CT molecular complexity index is 314. The Morgan fingerprint density at radius 1 is 1.60 bits per heavy atom. The van der Waals surface area contributed by atoms with Crippen LogP contribution in [0.25, 0.3) is 0 Å². The number of carbonyl (C=O) groups is 1. The van der Waals surface area contributed by atoms with Gasteiger partial charge in [-0.1, -0.05) is 0 Å². The molecule has 15 heavy (non-hydrogen) atoms. The minimum absolute atomic E-state index is 0.0537. The van der Waals surface area contributed by atoms with Crippen LogP contribution in [0.2, 0.25) is 0 Å². The Labute approximate surface area is 88.9 Å². The van der Waals surface area contributed by atoms with Crippen molar-refractivity contribution in [3.8, 4) is 0 Å². The Morgan fingerprint density at radius 3 is 2.93 bits per heavy atom. The molecule has 1 fully saturated rings. The van der Waals surface area contributed by atoms with Crippen LogP contribution in [0.4, 0.5) is 0 Å². The smallest absolute Gasteiger partial charge is 0.269 e. The maximum absolute atomic E-state index is 11.7. The SMILES string of the molecule is CN1CCC(NC(=O)c2cnc[nH]2)CC1. The lowest BCUT2D eigenvalue weighted by Crippen LogP contribution is -2.43. The van der Waals surface area contributed by atoms with Crippen LogP contribution in [0.1, 0.15) is 23.3 Å². The number of hydrogen-bond acceptors (Lipinski definition) is 3. The van der Waals surface area contributed by atoms with Crippen molar-refractivity contribution in [1.82, 2.24) is 20.2 Å². The quantitative estimate of drug-likeness (QED) is 0.731. The molecule has 0 unspecified atom stereocenters. The molecular weight excluding hydrogens is 192 g/mol.